The van der Waals surface area contributed by atoms with Crippen LogP contribution in [0.1, 0.15) is 12.8 Å². The van der Waals surface area contributed by atoms with Crippen LogP contribution < -0.4 is 4.74 Å². The SMILES string of the molecule is COCCCCOc1cc(Cl)ccc1Cl. The third kappa shape index (κ3) is 4.74. The van der Waals surface area contributed by atoms with Gasteiger partial charge in [-0.05, 0) is 25.0 Å². The Hall–Kier alpha value is -0.440. The van der Waals surface area contributed by atoms with Crippen molar-refractivity contribution in [2.45, 2.75) is 12.8 Å². The minimum Gasteiger partial charge on any atom is -0.492 e. The number of rotatable bonds is 6. The molecular formula is C11H14Cl2O2. The zero-order valence-corrected chi connectivity index (χ0v) is 10.1. The Bertz CT molecular complexity index is 303. The molecular weight excluding hydrogens is 235 g/mol. The molecule has 1 aromatic carbocycles. The van der Waals surface area contributed by atoms with E-state index in [9.17, 15) is 0 Å². The van der Waals surface area contributed by atoms with Gasteiger partial charge in [-0.25, -0.2) is 0 Å². The highest BCUT2D eigenvalue weighted by Gasteiger charge is 2.01. The second-order valence-corrected chi connectivity index (χ2v) is 3.97. The molecule has 0 fully saturated rings. The highest BCUT2D eigenvalue weighted by molar-refractivity contribution is 6.34. The van der Waals surface area contributed by atoms with Crippen molar-refractivity contribution in [3.8, 4) is 5.75 Å². The second kappa shape index (κ2) is 6.94. The van der Waals surface area contributed by atoms with Gasteiger partial charge in [-0.3, -0.25) is 0 Å². The van der Waals surface area contributed by atoms with Gasteiger partial charge in [0.15, 0.2) is 0 Å². The Morgan fingerprint density at radius 3 is 2.60 bits per heavy atom. The molecule has 0 aliphatic carbocycles. The standard InChI is InChI=1S/C11H14Cl2O2/c1-14-6-2-3-7-15-11-8-9(12)4-5-10(11)13/h4-5,8H,2-3,6-7H2,1H3. The molecule has 0 amide bonds. The first-order valence-corrected chi connectivity index (χ1v) is 5.56. The van der Waals surface area contributed by atoms with E-state index in [0.29, 0.717) is 22.4 Å². The van der Waals surface area contributed by atoms with Gasteiger partial charge in [0.2, 0.25) is 0 Å². The number of ether oxygens (including phenoxy) is 2. The van der Waals surface area contributed by atoms with Gasteiger partial charge in [-0.1, -0.05) is 23.2 Å². The van der Waals surface area contributed by atoms with E-state index in [0.717, 1.165) is 19.4 Å². The van der Waals surface area contributed by atoms with Gasteiger partial charge in [-0.15, -0.1) is 0 Å². The molecule has 84 valence electrons. The maximum atomic E-state index is 5.93. The number of unbranched alkanes of at least 4 members (excludes halogenated alkanes) is 1. The average Bonchev–Trinajstić information content (AvgIpc) is 2.23. The summed E-state index contributed by atoms with van der Waals surface area (Å²) in [6.45, 7) is 1.38. The van der Waals surface area contributed by atoms with Gasteiger partial charge in [0.1, 0.15) is 5.75 Å². The predicted octanol–water partition coefficient (Wildman–Crippen LogP) is 3.80. The second-order valence-electron chi connectivity index (χ2n) is 3.12. The van der Waals surface area contributed by atoms with Crippen molar-refractivity contribution in [3.63, 3.8) is 0 Å². The lowest BCUT2D eigenvalue weighted by atomic mass is 10.3. The van der Waals surface area contributed by atoms with E-state index in [-0.39, 0.29) is 0 Å². The third-order valence-electron chi connectivity index (χ3n) is 1.89. The van der Waals surface area contributed by atoms with Crippen LogP contribution in [0.15, 0.2) is 18.2 Å². The van der Waals surface area contributed by atoms with Gasteiger partial charge in [-0.2, -0.15) is 0 Å². The number of hydrogen-bond donors (Lipinski definition) is 0. The molecule has 0 saturated carbocycles. The molecule has 15 heavy (non-hydrogen) atoms. The van der Waals surface area contributed by atoms with Crippen LogP contribution in [0.3, 0.4) is 0 Å². The summed E-state index contributed by atoms with van der Waals surface area (Å²) in [7, 11) is 1.69. The summed E-state index contributed by atoms with van der Waals surface area (Å²) in [4.78, 5) is 0. The molecule has 2 nitrogen and oxygen atoms in total. The zero-order chi connectivity index (χ0) is 11.1. The van der Waals surface area contributed by atoms with Gasteiger partial charge >= 0.3 is 0 Å². The van der Waals surface area contributed by atoms with Crippen LogP contribution in [-0.4, -0.2) is 20.3 Å². The summed E-state index contributed by atoms with van der Waals surface area (Å²) in [6, 6.07) is 5.19. The van der Waals surface area contributed by atoms with Crippen LogP contribution in [-0.2, 0) is 4.74 Å². The molecule has 0 radical (unpaired) electrons. The molecule has 0 spiro atoms. The Morgan fingerprint density at radius 1 is 1.13 bits per heavy atom. The lowest BCUT2D eigenvalue weighted by Gasteiger charge is -2.07. The molecule has 0 saturated heterocycles. The summed E-state index contributed by atoms with van der Waals surface area (Å²) >= 11 is 11.7. The first-order valence-electron chi connectivity index (χ1n) is 4.81. The maximum absolute atomic E-state index is 5.93. The molecule has 1 aromatic rings. The lowest BCUT2D eigenvalue weighted by molar-refractivity contribution is 0.184. The molecule has 1 rings (SSSR count). The van der Waals surface area contributed by atoms with Crippen molar-refractivity contribution in [2.24, 2.45) is 0 Å². The highest BCUT2D eigenvalue weighted by atomic mass is 35.5. The third-order valence-corrected chi connectivity index (χ3v) is 2.44. The molecule has 0 aliphatic heterocycles. The molecule has 0 atom stereocenters. The predicted molar refractivity (Wildman–Crippen MR) is 63.1 cm³/mol. The quantitative estimate of drug-likeness (QED) is 0.714. The zero-order valence-electron chi connectivity index (χ0n) is 8.63. The van der Waals surface area contributed by atoms with Gasteiger partial charge in [0.25, 0.3) is 0 Å². The minimum atomic E-state index is 0.589. The smallest absolute Gasteiger partial charge is 0.139 e. The Morgan fingerprint density at radius 2 is 1.87 bits per heavy atom. The fourth-order valence-electron chi connectivity index (χ4n) is 1.12. The molecule has 0 bridgehead atoms. The first-order chi connectivity index (χ1) is 7.24. The van der Waals surface area contributed by atoms with Crippen LogP contribution >= 0.6 is 23.2 Å². The van der Waals surface area contributed by atoms with Crippen molar-refractivity contribution >= 4 is 23.2 Å². The number of halogens is 2. The van der Waals surface area contributed by atoms with Crippen LogP contribution in [0.4, 0.5) is 0 Å². The van der Waals surface area contributed by atoms with E-state index in [4.69, 9.17) is 32.7 Å². The van der Waals surface area contributed by atoms with E-state index >= 15 is 0 Å². The van der Waals surface area contributed by atoms with E-state index in [2.05, 4.69) is 0 Å². The van der Waals surface area contributed by atoms with Crippen molar-refractivity contribution in [1.29, 1.82) is 0 Å². The van der Waals surface area contributed by atoms with Gasteiger partial charge < -0.3 is 9.47 Å². The van der Waals surface area contributed by atoms with Crippen molar-refractivity contribution in [2.75, 3.05) is 20.3 Å². The molecule has 4 heteroatoms. The van der Waals surface area contributed by atoms with Crippen LogP contribution in [0.25, 0.3) is 0 Å². The molecule has 0 aliphatic rings. The Balaban J connectivity index is 2.33. The van der Waals surface area contributed by atoms with Crippen molar-refractivity contribution in [1.82, 2.24) is 0 Å². The molecule has 0 aromatic heterocycles. The normalized spacial score (nSPS) is 10.3. The topological polar surface area (TPSA) is 18.5 Å². The number of benzene rings is 1. The highest BCUT2D eigenvalue weighted by Crippen LogP contribution is 2.27. The van der Waals surface area contributed by atoms with Crippen molar-refractivity contribution < 1.29 is 9.47 Å². The summed E-state index contributed by atoms with van der Waals surface area (Å²) in [5.74, 6) is 0.640. The van der Waals surface area contributed by atoms with E-state index in [1.807, 2.05) is 0 Å². The van der Waals surface area contributed by atoms with Crippen molar-refractivity contribution in [3.05, 3.63) is 28.2 Å². The largest absolute Gasteiger partial charge is 0.492 e. The fourth-order valence-corrected chi connectivity index (χ4v) is 1.45. The maximum Gasteiger partial charge on any atom is 0.139 e. The van der Waals surface area contributed by atoms with Crippen LogP contribution in [0, 0.1) is 0 Å². The summed E-state index contributed by atoms with van der Waals surface area (Å²) in [5, 5.41) is 1.22. The van der Waals surface area contributed by atoms with E-state index in [1.54, 1.807) is 25.3 Å². The summed E-state index contributed by atoms with van der Waals surface area (Å²) < 4.78 is 10.4. The van der Waals surface area contributed by atoms with Crippen LogP contribution in [0.5, 0.6) is 5.75 Å². The molecule has 0 heterocycles. The van der Waals surface area contributed by atoms with Gasteiger partial charge in [0.05, 0.1) is 11.6 Å². The Labute approximate surface area is 100 Å². The molecule has 0 N–H and O–H groups in total. The van der Waals surface area contributed by atoms with E-state index < -0.39 is 0 Å². The Kier molecular flexibility index (Phi) is 5.84. The van der Waals surface area contributed by atoms with Crippen LogP contribution in [0.2, 0.25) is 10.0 Å². The summed E-state index contributed by atoms with van der Waals surface area (Å²) in [6.07, 6.45) is 1.92. The first kappa shape index (κ1) is 12.6. The fraction of sp³-hybridized carbons (Fsp3) is 0.455. The van der Waals surface area contributed by atoms with Gasteiger partial charge in [0, 0.05) is 24.8 Å². The monoisotopic (exact) mass is 248 g/mol. The minimum absolute atomic E-state index is 0.589. The molecule has 0 unspecified atom stereocenters. The summed E-state index contributed by atoms with van der Waals surface area (Å²) in [5.41, 5.74) is 0. The van der Waals surface area contributed by atoms with E-state index in [1.165, 1.54) is 0 Å². The number of hydrogen-bond acceptors (Lipinski definition) is 2. The lowest BCUT2D eigenvalue weighted by Crippen LogP contribution is -1.99. The average molecular weight is 249 g/mol. The number of methoxy groups -OCH3 is 1.